The highest BCUT2D eigenvalue weighted by Crippen LogP contribution is 2.14. The standard InChI is InChI=1S/C19H32N2O2/c1-7-21(16(5)14(2)3)19(22)20-15(4)8-9-17-10-12-18(23-6)13-11-17/h10-16H,7-9H2,1-6H3,(H,20,22)/t15-,16-/m1/s1. The van der Waals surface area contributed by atoms with Crippen LogP contribution in [0.1, 0.15) is 46.6 Å². The second-order valence-electron chi connectivity index (χ2n) is 6.51. The van der Waals surface area contributed by atoms with Gasteiger partial charge in [-0.25, -0.2) is 4.79 Å². The number of benzene rings is 1. The monoisotopic (exact) mass is 320 g/mol. The molecule has 2 amide bonds. The first kappa shape index (κ1) is 19.3. The number of amides is 2. The quantitative estimate of drug-likeness (QED) is 0.784. The lowest BCUT2D eigenvalue weighted by Gasteiger charge is -2.32. The van der Waals surface area contributed by atoms with Crippen LogP contribution in [0.15, 0.2) is 24.3 Å². The van der Waals surface area contributed by atoms with E-state index < -0.39 is 0 Å². The van der Waals surface area contributed by atoms with Crippen LogP contribution in [0.4, 0.5) is 4.79 Å². The number of urea groups is 1. The average molecular weight is 320 g/mol. The second kappa shape index (κ2) is 9.43. The molecule has 0 fully saturated rings. The van der Waals surface area contributed by atoms with Gasteiger partial charge in [-0.15, -0.1) is 0 Å². The van der Waals surface area contributed by atoms with Gasteiger partial charge < -0.3 is 15.0 Å². The topological polar surface area (TPSA) is 41.6 Å². The fourth-order valence-corrected chi connectivity index (χ4v) is 2.52. The van der Waals surface area contributed by atoms with Crippen molar-refractivity contribution < 1.29 is 9.53 Å². The number of nitrogens with one attached hydrogen (secondary N) is 1. The molecule has 130 valence electrons. The second-order valence-corrected chi connectivity index (χ2v) is 6.51. The summed E-state index contributed by atoms with van der Waals surface area (Å²) in [4.78, 5) is 14.3. The zero-order valence-electron chi connectivity index (χ0n) is 15.4. The van der Waals surface area contributed by atoms with Gasteiger partial charge in [0.05, 0.1) is 7.11 Å². The number of hydrogen-bond donors (Lipinski definition) is 1. The normalized spacial score (nSPS) is 13.5. The number of carbonyl (C=O) groups excluding carboxylic acids is 1. The van der Waals surface area contributed by atoms with Crippen molar-refractivity contribution in [1.29, 1.82) is 0 Å². The first-order valence-electron chi connectivity index (χ1n) is 8.59. The summed E-state index contributed by atoms with van der Waals surface area (Å²) in [5.41, 5.74) is 1.26. The van der Waals surface area contributed by atoms with Gasteiger partial charge in [0.15, 0.2) is 0 Å². The maximum Gasteiger partial charge on any atom is 0.317 e. The fraction of sp³-hybridized carbons (Fsp3) is 0.632. The van der Waals surface area contributed by atoms with Crippen LogP contribution in [0.5, 0.6) is 5.75 Å². The van der Waals surface area contributed by atoms with Crippen LogP contribution < -0.4 is 10.1 Å². The molecule has 0 radical (unpaired) electrons. The van der Waals surface area contributed by atoms with Crippen molar-refractivity contribution in [3.63, 3.8) is 0 Å². The van der Waals surface area contributed by atoms with Gasteiger partial charge in [-0.05, 0) is 57.2 Å². The molecule has 0 saturated carbocycles. The number of nitrogens with zero attached hydrogens (tertiary/aromatic N) is 1. The van der Waals surface area contributed by atoms with E-state index in [1.54, 1.807) is 7.11 Å². The van der Waals surface area contributed by atoms with Gasteiger partial charge in [-0.1, -0.05) is 26.0 Å². The lowest BCUT2D eigenvalue weighted by molar-refractivity contribution is 0.163. The highest BCUT2D eigenvalue weighted by Gasteiger charge is 2.21. The molecule has 0 spiro atoms. The Labute approximate surface area is 141 Å². The number of aryl methyl sites for hydroxylation is 1. The maximum atomic E-state index is 12.4. The van der Waals surface area contributed by atoms with Gasteiger partial charge in [0.1, 0.15) is 5.75 Å². The van der Waals surface area contributed by atoms with Gasteiger partial charge in [0, 0.05) is 18.6 Å². The highest BCUT2D eigenvalue weighted by molar-refractivity contribution is 5.74. The third-order valence-electron chi connectivity index (χ3n) is 4.45. The Hall–Kier alpha value is -1.71. The van der Waals surface area contributed by atoms with Gasteiger partial charge in [-0.3, -0.25) is 0 Å². The van der Waals surface area contributed by atoms with Crippen molar-refractivity contribution >= 4 is 6.03 Å². The number of methoxy groups -OCH3 is 1. The van der Waals surface area contributed by atoms with Crippen LogP contribution in [-0.2, 0) is 6.42 Å². The van der Waals surface area contributed by atoms with Gasteiger partial charge in [0.2, 0.25) is 0 Å². The van der Waals surface area contributed by atoms with E-state index in [-0.39, 0.29) is 18.1 Å². The number of carbonyl (C=O) groups is 1. The molecule has 1 N–H and O–H groups in total. The van der Waals surface area contributed by atoms with Crippen LogP contribution in [-0.4, -0.2) is 36.7 Å². The van der Waals surface area contributed by atoms with E-state index in [4.69, 9.17) is 4.74 Å². The molecule has 2 atom stereocenters. The molecule has 0 heterocycles. The first-order valence-corrected chi connectivity index (χ1v) is 8.59. The molecule has 1 aromatic rings. The smallest absolute Gasteiger partial charge is 0.317 e. The van der Waals surface area contributed by atoms with E-state index in [0.717, 1.165) is 25.1 Å². The third-order valence-corrected chi connectivity index (χ3v) is 4.45. The summed E-state index contributed by atoms with van der Waals surface area (Å²) in [7, 11) is 1.67. The van der Waals surface area contributed by atoms with Crippen LogP contribution in [0.3, 0.4) is 0 Å². The molecule has 23 heavy (non-hydrogen) atoms. The molecule has 4 nitrogen and oxygen atoms in total. The van der Waals surface area contributed by atoms with Crippen molar-refractivity contribution in [2.45, 2.75) is 59.5 Å². The molecule has 0 saturated heterocycles. The van der Waals surface area contributed by atoms with Crippen molar-refractivity contribution in [2.75, 3.05) is 13.7 Å². The summed E-state index contributed by atoms with van der Waals surface area (Å²) in [5, 5.41) is 3.12. The van der Waals surface area contributed by atoms with Crippen molar-refractivity contribution in [3.8, 4) is 5.75 Å². The summed E-state index contributed by atoms with van der Waals surface area (Å²) in [5.74, 6) is 1.33. The Morgan fingerprint density at radius 2 is 1.78 bits per heavy atom. The van der Waals surface area contributed by atoms with Crippen molar-refractivity contribution in [1.82, 2.24) is 10.2 Å². The Balaban J connectivity index is 2.48. The lowest BCUT2D eigenvalue weighted by atomic mass is 10.0. The SMILES string of the molecule is CCN(C(=O)N[C@H](C)CCc1ccc(OC)cc1)[C@H](C)C(C)C. The molecule has 0 aliphatic carbocycles. The number of hydrogen-bond acceptors (Lipinski definition) is 2. The van der Waals surface area contributed by atoms with E-state index >= 15 is 0 Å². The van der Waals surface area contributed by atoms with Crippen LogP contribution in [0, 0.1) is 5.92 Å². The van der Waals surface area contributed by atoms with E-state index in [1.807, 2.05) is 24.0 Å². The van der Waals surface area contributed by atoms with Gasteiger partial charge >= 0.3 is 6.03 Å². The fourth-order valence-electron chi connectivity index (χ4n) is 2.52. The predicted molar refractivity (Wildman–Crippen MR) is 96.0 cm³/mol. The highest BCUT2D eigenvalue weighted by atomic mass is 16.5. The Morgan fingerprint density at radius 3 is 2.26 bits per heavy atom. The molecular formula is C19H32N2O2. The van der Waals surface area contributed by atoms with E-state index in [1.165, 1.54) is 5.56 Å². The summed E-state index contributed by atoms with van der Waals surface area (Å²) < 4.78 is 5.17. The summed E-state index contributed by atoms with van der Waals surface area (Å²) >= 11 is 0. The number of ether oxygens (including phenoxy) is 1. The molecular weight excluding hydrogens is 288 g/mol. The third kappa shape index (κ3) is 6.12. The zero-order valence-corrected chi connectivity index (χ0v) is 15.4. The van der Waals surface area contributed by atoms with Crippen molar-refractivity contribution in [2.24, 2.45) is 5.92 Å². The lowest BCUT2D eigenvalue weighted by Crippen LogP contribution is -2.49. The van der Waals surface area contributed by atoms with Crippen LogP contribution >= 0.6 is 0 Å². The average Bonchev–Trinajstić information content (AvgIpc) is 2.53. The van der Waals surface area contributed by atoms with Crippen molar-refractivity contribution in [3.05, 3.63) is 29.8 Å². The molecule has 4 heteroatoms. The molecule has 1 rings (SSSR count). The number of rotatable bonds is 8. The van der Waals surface area contributed by atoms with E-state index in [9.17, 15) is 4.79 Å². The van der Waals surface area contributed by atoms with Crippen LogP contribution in [0.2, 0.25) is 0 Å². The Kier molecular flexibility index (Phi) is 7.93. The molecule has 0 aromatic heterocycles. The minimum atomic E-state index is 0.0379. The predicted octanol–water partition coefficient (Wildman–Crippen LogP) is 4.09. The summed E-state index contributed by atoms with van der Waals surface area (Å²) in [6.07, 6.45) is 1.86. The Morgan fingerprint density at radius 1 is 1.17 bits per heavy atom. The van der Waals surface area contributed by atoms with Gasteiger partial charge in [0.25, 0.3) is 0 Å². The molecule has 0 aliphatic heterocycles. The largest absolute Gasteiger partial charge is 0.497 e. The minimum Gasteiger partial charge on any atom is -0.497 e. The van der Waals surface area contributed by atoms with E-state index in [2.05, 4.69) is 45.1 Å². The Bertz CT molecular complexity index is 471. The molecule has 0 bridgehead atoms. The first-order chi connectivity index (χ1) is 10.9. The maximum absolute atomic E-state index is 12.4. The summed E-state index contributed by atoms with van der Waals surface area (Å²) in [6.45, 7) is 11.2. The molecule has 1 aromatic carbocycles. The van der Waals surface area contributed by atoms with Crippen LogP contribution in [0.25, 0.3) is 0 Å². The van der Waals surface area contributed by atoms with E-state index in [0.29, 0.717) is 5.92 Å². The zero-order chi connectivity index (χ0) is 17.4. The molecule has 0 unspecified atom stereocenters. The minimum absolute atomic E-state index is 0.0379. The summed E-state index contributed by atoms with van der Waals surface area (Å²) in [6, 6.07) is 8.53. The van der Waals surface area contributed by atoms with Gasteiger partial charge in [-0.2, -0.15) is 0 Å². The molecule has 0 aliphatic rings.